The number of hydrogen-bond donors (Lipinski definition) is 2. The van der Waals surface area contributed by atoms with Gasteiger partial charge in [-0.3, -0.25) is 9.59 Å². The Kier molecular flexibility index (Phi) is 4.47. The maximum atomic E-state index is 12.3. The highest BCUT2D eigenvalue weighted by Gasteiger charge is 2.63. The molecule has 0 aromatic carbocycles. The minimum Gasteiger partial charge on any atom is -0.481 e. The highest BCUT2D eigenvalue weighted by Crippen LogP contribution is 2.68. The van der Waals surface area contributed by atoms with Crippen molar-refractivity contribution in [2.24, 2.45) is 46.3 Å². The molecule has 4 heteroatoms. The van der Waals surface area contributed by atoms with Gasteiger partial charge in [-0.1, -0.05) is 38.8 Å². The molecule has 0 aromatic rings. The topological polar surface area (TPSA) is 74.6 Å². The van der Waals surface area contributed by atoms with Gasteiger partial charge >= 0.3 is 11.9 Å². The Bertz CT molecular complexity index is 682. The fourth-order valence-corrected chi connectivity index (χ4v) is 8.29. The summed E-state index contributed by atoms with van der Waals surface area (Å²) in [6.07, 6.45) is 10.6. The molecule has 2 N–H and O–H groups in total. The fourth-order valence-electron chi connectivity index (χ4n) is 8.29. The molecule has 0 aliphatic heterocycles. The molecule has 0 aromatic heterocycles. The van der Waals surface area contributed by atoms with Gasteiger partial charge in [-0.15, -0.1) is 0 Å². The molecule has 0 radical (unpaired) electrons. The molecule has 3 saturated carbocycles. The van der Waals surface area contributed by atoms with E-state index in [4.69, 9.17) is 0 Å². The average Bonchev–Trinajstić information content (AvgIpc) is 2.96. The van der Waals surface area contributed by atoms with Gasteiger partial charge in [-0.05, 0) is 74.0 Å². The molecule has 0 bridgehead atoms. The van der Waals surface area contributed by atoms with Crippen LogP contribution in [0.1, 0.15) is 72.1 Å². The van der Waals surface area contributed by atoms with Crippen LogP contribution in [0.2, 0.25) is 0 Å². The summed E-state index contributed by atoms with van der Waals surface area (Å²) in [4.78, 5) is 24.2. The number of aliphatic carboxylic acids is 2. The van der Waals surface area contributed by atoms with Crippen molar-refractivity contribution in [1.29, 1.82) is 0 Å². The lowest BCUT2D eigenvalue weighted by molar-refractivity contribution is -0.166. The molecular weight excluding hydrogens is 340 g/mol. The number of fused-ring (bicyclic) bond motifs is 5. The molecule has 4 nitrogen and oxygen atoms in total. The molecule has 2 unspecified atom stereocenters. The summed E-state index contributed by atoms with van der Waals surface area (Å²) in [5.74, 6) is -1.12. The van der Waals surface area contributed by atoms with Gasteiger partial charge in [0, 0.05) is 5.41 Å². The smallest absolute Gasteiger partial charge is 0.308 e. The second kappa shape index (κ2) is 6.35. The quantitative estimate of drug-likeness (QED) is 0.683. The molecular formula is C23H34O4. The third-order valence-corrected chi connectivity index (χ3v) is 9.59. The van der Waals surface area contributed by atoms with Gasteiger partial charge in [0.1, 0.15) is 0 Å². The van der Waals surface area contributed by atoms with E-state index in [1.807, 2.05) is 0 Å². The first-order valence-corrected chi connectivity index (χ1v) is 10.9. The standard InChI is InChI=1S/C23H34O4/c1-4-13-7-10-17-15-8-5-14-6-9-16(20(24)25)19(21(26)27)23(14,3)18(15)11-12-22(13,17)2/h6,13,15-19H,4-5,7-12H2,1-3H3,(H,24,25)(H,26,27)/t13-,15-,16?,17-,18-,19?,22+,23-/m0/s1. The summed E-state index contributed by atoms with van der Waals surface area (Å²) in [5.41, 5.74) is 1.14. The highest BCUT2D eigenvalue weighted by molar-refractivity contribution is 5.82. The van der Waals surface area contributed by atoms with Gasteiger partial charge in [0.2, 0.25) is 0 Å². The summed E-state index contributed by atoms with van der Waals surface area (Å²) in [6.45, 7) is 6.89. The summed E-state index contributed by atoms with van der Waals surface area (Å²) in [6, 6.07) is 0. The number of hydrogen-bond acceptors (Lipinski definition) is 2. The second-order valence-electron chi connectivity index (χ2n) is 10.2. The lowest BCUT2D eigenvalue weighted by Crippen LogP contribution is -2.56. The molecule has 150 valence electrons. The second-order valence-corrected chi connectivity index (χ2v) is 10.2. The first-order valence-electron chi connectivity index (χ1n) is 10.9. The van der Waals surface area contributed by atoms with Crippen molar-refractivity contribution in [1.82, 2.24) is 0 Å². The van der Waals surface area contributed by atoms with Crippen molar-refractivity contribution in [3.63, 3.8) is 0 Å². The predicted molar refractivity (Wildman–Crippen MR) is 103 cm³/mol. The van der Waals surface area contributed by atoms with E-state index in [2.05, 4.69) is 26.8 Å². The van der Waals surface area contributed by atoms with E-state index in [-0.39, 0.29) is 0 Å². The number of carboxylic acids is 2. The van der Waals surface area contributed by atoms with Gasteiger partial charge < -0.3 is 10.2 Å². The van der Waals surface area contributed by atoms with E-state index in [0.29, 0.717) is 29.6 Å². The van der Waals surface area contributed by atoms with Crippen molar-refractivity contribution in [2.75, 3.05) is 0 Å². The summed E-state index contributed by atoms with van der Waals surface area (Å²) >= 11 is 0. The minimum absolute atomic E-state index is 0.314. The summed E-state index contributed by atoms with van der Waals surface area (Å²) in [7, 11) is 0. The lowest BCUT2D eigenvalue weighted by Gasteiger charge is -2.60. The number of carboxylic acid groups (broad SMARTS) is 2. The van der Waals surface area contributed by atoms with Crippen molar-refractivity contribution < 1.29 is 19.8 Å². The van der Waals surface area contributed by atoms with E-state index in [9.17, 15) is 19.8 Å². The molecule has 0 heterocycles. The van der Waals surface area contributed by atoms with Crippen molar-refractivity contribution in [3.05, 3.63) is 11.6 Å². The molecule has 4 aliphatic carbocycles. The average molecular weight is 375 g/mol. The van der Waals surface area contributed by atoms with Gasteiger partial charge in [-0.25, -0.2) is 0 Å². The van der Waals surface area contributed by atoms with E-state index in [1.54, 1.807) is 0 Å². The zero-order valence-corrected chi connectivity index (χ0v) is 16.9. The Labute approximate surface area is 162 Å². The predicted octanol–water partition coefficient (Wildman–Crippen LogP) is 4.99. The van der Waals surface area contributed by atoms with Crippen LogP contribution in [0, 0.1) is 46.3 Å². The Balaban J connectivity index is 1.74. The number of rotatable bonds is 3. The Hall–Kier alpha value is -1.32. The van der Waals surface area contributed by atoms with E-state index >= 15 is 0 Å². The molecule has 0 amide bonds. The van der Waals surface area contributed by atoms with Crippen LogP contribution in [0.5, 0.6) is 0 Å². The lowest BCUT2D eigenvalue weighted by atomic mass is 9.43. The Morgan fingerprint density at radius 1 is 1.07 bits per heavy atom. The van der Waals surface area contributed by atoms with Crippen molar-refractivity contribution >= 4 is 11.9 Å². The SMILES string of the molecule is CC[C@H]1CC[C@H]2[C@@H]3CCC4=CCC(C(=O)O)C(C(=O)O)[C@]4(C)[C@H]3CC[C@]12C. The Morgan fingerprint density at radius 2 is 1.81 bits per heavy atom. The molecule has 4 rings (SSSR count). The molecule has 3 fully saturated rings. The van der Waals surface area contributed by atoms with Gasteiger partial charge in [-0.2, -0.15) is 0 Å². The first kappa shape index (κ1) is 19.0. The molecule has 4 aliphatic rings. The van der Waals surface area contributed by atoms with Crippen molar-refractivity contribution in [3.8, 4) is 0 Å². The monoisotopic (exact) mass is 374 g/mol. The van der Waals surface area contributed by atoms with E-state index < -0.39 is 29.2 Å². The molecule has 0 saturated heterocycles. The van der Waals surface area contributed by atoms with E-state index in [1.165, 1.54) is 31.3 Å². The number of allylic oxidation sites excluding steroid dienone is 2. The molecule has 27 heavy (non-hydrogen) atoms. The molecule has 0 spiro atoms. The minimum atomic E-state index is -0.950. The fraction of sp³-hybridized carbons (Fsp3) is 0.826. The maximum absolute atomic E-state index is 12.3. The zero-order chi connectivity index (χ0) is 19.6. The first-order chi connectivity index (χ1) is 12.7. The van der Waals surface area contributed by atoms with Gasteiger partial charge in [0.05, 0.1) is 11.8 Å². The Morgan fingerprint density at radius 3 is 2.44 bits per heavy atom. The highest BCUT2D eigenvalue weighted by atomic mass is 16.4. The van der Waals surface area contributed by atoms with E-state index in [0.717, 1.165) is 25.2 Å². The molecule has 8 atom stereocenters. The van der Waals surface area contributed by atoms with Crippen LogP contribution in [0.4, 0.5) is 0 Å². The third-order valence-electron chi connectivity index (χ3n) is 9.59. The summed E-state index contributed by atoms with van der Waals surface area (Å²) < 4.78 is 0. The number of carbonyl (C=O) groups is 2. The summed E-state index contributed by atoms with van der Waals surface area (Å²) in [5, 5.41) is 19.8. The van der Waals surface area contributed by atoms with Crippen LogP contribution in [0.3, 0.4) is 0 Å². The zero-order valence-electron chi connectivity index (χ0n) is 16.9. The van der Waals surface area contributed by atoms with Crippen LogP contribution in [0.25, 0.3) is 0 Å². The van der Waals surface area contributed by atoms with Crippen molar-refractivity contribution in [2.45, 2.75) is 72.1 Å². The normalized spacial score (nSPS) is 48.8. The van der Waals surface area contributed by atoms with Crippen LogP contribution >= 0.6 is 0 Å². The van der Waals surface area contributed by atoms with Crippen LogP contribution in [0.15, 0.2) is 11.6 Å². The van der Waals surface area contributed by atoms with Gasteiger partial charge in [0.15, 0.2) is 0 Å². The van der Waals surface area contributed by atoms with Crippen LogP contribution in [-0.4, -0.2) is 22.2 Å². The maximum Gasteiger partial charge on any atom is 0.308 e. The van der Waals surface area contributed by atoms with Crippen LogP contribution in [-0.2, 0) is 9.59 Å². The third kappa shape index (κ3) is 2.47. The van der Waals surface area contributed by atoms with Gasteiger partial charge in [0.25, 0.3) is 0 Å². The largest absolute Gasteiger partial charge is 0.481 e. The van der Waals surface area contributed by atoms with Crippen LogP contribution < -0.4 is 0 Å².